The van der Waals surface area contributed by atoms with E-state index < -0.39 is 23.6 Å². The number of rotatable bonds is 6. The maximum absolute atomic E-state index is 10.7. The Bertz CT molecular complexity index is 733. The number of nitrogens with two attached hydrogens (primary N) is 4. The number of imidazole rings is 2. The van der Waals surface area contributed by atoms with Gasteiger partial charge in [-0.3, -0.25) is 19.2 Å². The van der Waals surface area contributed by atoms with Crippen molar-refractivity contribution in [2.75, 3.05) is 14.2 Å². The Morgan fingerprint density at radius 3 is 1.10 bits per heavy atom. The van der Waals surface area contributed by atoms with Crippen molar-refractivity contribution in [1.82, 2.24) is 19.9 Å². The van der Waals surface area contributed by atoms with Gasteiger partial charge in [0.1, 0.15) is 12.0 Å². The summed E-state index contributed by atoms with van der Waals surface area (Å²) < 4.78 is 9.20. The van der Waals surface area contributed by atoms with E-state index in [0.717, 1.165) is 0 Å². The minimum atomic E-state index is -0.871. The van der Waals surface area contributed by atoms with E-state index in [9.17, 15) is 19.2 Å². The van der Waals surface area contributed by atoms with Gasteiger partial charge in [0.15, 0.2) is 0 Å². The Balaban J connectivity index is -0.000000199. The Kier molecular flexibility index (Phi) is 16.3. The van der Waals surface area contributed by atoms with Gasteiger partial charge in [-0.05, 0) is 0 Å². The van der Waals surface area contributed by atoms with Crippen molar-refractivity contribution in [3.8, 4) is 12.0 Å². The molecule has 30 heavy (non-hydrogen) atoms. The van der Waals surface area contributed by atoms with Crippen LogP contribution in [0.3, 0.4) is 0 Å². The predicted octanol–water partition coefficient (Wildman–Crippen LogP) is -6.08. The number of hydrogen-bond donors (Lipinski definition) is 4. The summed E-state index contributed by atoms with van der Waals surface area (Å²) in [4.78, 5) is 57.0. The fourth-order valence-electron chi connectivity index (χ4n) is 1.51. The molecule has 0 saturated carbocycles. The summed E-state index contributed by atoms with van der Waals surface area (Å²) in [7, 11) is 2.59. The Labute approximate surface area is 180 Å². The summed E-state index contributed by atoms with van der Waals surface area (Å²) >= 11 is 0. The SMILES string of the molecule is COc1nc(C(N)=O)c(C(N)=O)[n-]1.COc1nc(C(N)=O)c(C(N)=O)[n-]1.O.O.[OH3+].[Zn+2]. The van der Waals surface area contributed by atoms with Crippen molar-refractivity contribution in [2.45, 2.75) is 0 Å². The molecule has 0 fully saturated rings. The normalized spacial score (nSPS) is 8.33. The number of hydrogen-bond acceptors (Lipinski definition) is 8. The first kappa shape index (κ1) is 33.9. The standard InChI is InChI=1S/2C6H8N4O3.3H2O.Zn/c2*1-13-6-9-2(4(7)11)3(10-6)5(8)12;;;;/h2*1H3,(H5,7,8,9,10,11,12);3*1H2;/q;;;;;+2/p-1. The van der Waals surface area contributed by atoms with Crippen LogP contribution in [0.25, 0.3) is 0 Å². The van der Waals surface area contributed by atoms with Gasteiger partial charge >= 0.3 is 19.5 Å². The fourth-order valence-corrected chi connectivity index (χ4v) is 1.51. The van der Waals surface area contributed by atoms with Gasteiger partial charge in [-0.1, -0.05) is 0 Å². The number of ether oxygens (including phenoxy) is 2. The van der Waals surface area contributed by atoms with Gasteiger partial charge in [0.2, 0.25) is 23.6 Å². The van der Waals surface area contributed by atoms with Crippen molar-refractivity contribution in [3.05, 3.63) is 22.8 Å². The first-order valence-corrected chi connectivity index (χ1v) is 6.48. The number of nitrogens with zero attached hydrogens (tertiary/aromatic N) is 4. The first-order valence-electron chi connectivity index (χ1n) is 6.48. The van der Waals surface area contributed by atoms with E-state index in [1.165, 1.54) is 14.2 Å². The van der Waals surface area contributed by atoms with E-state index in [1.54, 1.807) is 0 Å². The van der Waals surface area contributed by atoms with E-state index in [-0.39, 0.29) is 70.7 Å². The van der Waals surface area contributed by atoms with Crippen LogP contribution in [-0.4, -0.2) is 58.8 Å². The molecule has 0 aliphatic heterocycles. The minimum absolute atomic E-state index is 0. The molecule has 15 N–H and O–H groups in total. The van der Waals surface area contributed by atoms with E-state index in [4.69, 9.17) is 22.9 Å². The maximum Gasteiger partial charge on any atom is 2.00 e. The molecule has 2 heterocycles. The molecular formula is C12H21N8O9Zn+. The van der Waals surface area contributed by atoms with Crippen LogP contribution in [0.4, 0.5) is 0 Å². The van der Waals surface area contributed by atoms with Gasteiger partial charge in [-0.25, -0.2) is 0 Å². The third-order valence-corrected chi connectivity index (χ3v) is 2.58. The van der Waals surface area contributed by atoms with Crippen molar-refractivity contribution in [2.24, 2.45) is 22.9 Å². The molecule has 4 amide bonds. The number of primary amides is 4. The average molecular weight is 487 g/mol. The topological polar surface area (TPSA) is 341 Å². The van der Waals surface area contributed by atoms with Gasteiger partial charge < -0.3 is 68.8 Å². The molecule has 0 spiro atoms. The van der Waals surface area contributed by atoms with Crippen LogP contribution in [0, 0.1) is 0 Å². The molecule has 164 valence electrons. The molecule has 2 rings (SSSR count). The number of amides is 4. The number of aromatic nitrogens is 4. The van der Waals surface area contributed by atoms with E-state index in [2.05, 4.69) is 29.4 Å². The van der Waals surface area contributed by atoms with Crippen LogP contribution in [0.15, 0.2) is 0 Å². The molecule has 18 heteroatoms. The molecule has 0 unspecified atom stereocenters. The van der Waals surface area contributed by atoms with Gasteiger partial charge in [-0.15, -0.1) is 0 Å². The Morgan fingerprint density at radius 1 is 0.700 bits per heavy atom. The molecule has 2 aromatic heterocycles. The second kappa shape index (κ2) is 14.4. The summed E-state index contributed by atoms with van der Waals surface area (Å²) in [5.41, 5.74) is 18.6. The van der Waals surface area contributed by atoms with Crippen molar-refractivity contribution >= 4 is 23.6 Å². The molecule has 17 nitrogen and oxygen atoms in total. The van der Waals surface area contributed by atoms with Crippen LogP contribution in [0.1, 0.15) is 42.0 Å². The van der Waals surface area contributed by atoms with Crippen molar-refractivity contribution in [1.29, 1.82) is 0 Å². The van der Waals surface area contributed by atoms with E-state index in [1.807, 2.05) is 0 Å². The van der Waals surface area contributed by atoms with Crippen LogP contribution in [0.5, 0.6) is 12.0 Å². The van der Waals surface area contributed by atoms with Gasteiger partial charge in [0, 0.05) is 22.8 Å². The molecule has 0 aliphatic rings. The molecule has 0 bridgehead atoms. The van der Waals surface area contributed by atoms with Crippen LogP contribution < -0.4 is 42.4 Å². The number of methoxy groups -OCH3 is 2. The molecular weight excluding hydrogens is 466 g/mol. The largest absolute Gasteiger partial charge is 2.00 e. The number of carbonyl (C=O) groups excluding carboxylic acids is 4. The zero-order valence-corrected chi connectivity index (χ0v) is 18.8. The smallest absolute Gasteiger partial charge is 0.504 e. The summed E-state index contributed by atoms with van der Waals surface area (Å²) in [6.45, 7) is 0. The van der Waals surface area contributed by atoms with Gasteiger partial charge in [-0.2, -0.15) is 0 Å². The minimum Gasteiger partial charge on any atom is -0.504 e. The Hall–Kier alpha value is -3.60. The van der Waals surface area contributed by atoms with Crippen molar-refractivity contribution < 1.29 is 64.6 Å². The monoisotopic (exact) mass is 485 g/mol. The molecule has 0 aliphatic carbocycles. The Morgan fingerprint density at radius 2 is 0.967 bits per heavy atom. The van der Waals surface area contributed by atoms with E-state index in [0.29, 0.717) is 0 Å². The second-order valence-corrected chi connectivity index (χ2v) is 4.27. The molecule has 0 radical (unpaired) electrons. The average Bonchev–Trinajstić information content (AvgIpc) is 3.19. The molecule has 2 aromatic rings. The fraction of sp³-hybridized carbons (Fsp3) is 0.167. The summed E-state index contributed by atoms with van der Waals surface area (Å²) in [5, 5.41) is 0. The van der Waals surface area contributed by atoms with E-state index >= 15 is 0 Å². The molecule has 0 saturated heterocycles. The first-order chi connectivity index (χ1) is 12.1. The van der Waals surface area contributed by atoms with Crippen molar-refractivity contribution in [3.63, 3.8) is 0 Å². The van der Waals surface area contributed by atoms with Crippen LogP contribution in [0.2, 0.25) is 0 Å². The number of carbonyl (C=O) groups is 4. The summed E-state index contributed by atoms with van der Waals surface area (Å²) in [6, 6.07) is -0.217. The zero-order valence-electron chi connectivity index (χ0n) is 15.8. The summed E-state index contributed by atoms with van der Waals surface area (Å²) in [5.74, 6) is -3.48. The zero-order chi connectivity index (χ0) is 20.0. The second-order valence-electron chi connectivity index (χ2n) is 4.27. The quantitative estimate of drug-likeness (QED) is 0.221. The maximum atomic E-state index is 10.7. The third-order valence-electron chi connectivity index (χ3n) is 2.58. The third kappa shape index (κ3) is 8.19. The van der Waals surface area contributed by atoms with Crippen LogP contribution in [-0.2, 0) is 25.0 Å². The van der Waals surface area contributed by atoms with Gasteiger partial charge in [0.25, 0.3) is 0 Å². The molecule has 0 aromatic carbocycles. The predicted molar refractivity (Wildman–Crippen MR) is 94.4 cm³/mol. The molecule has 0 atom stereocenters. The van der Waals surface area contributed by atoms with Crippen LogP contribution >= 0.6 is 0 Å². The van der Waals surface area contributed by atoms with Gasteiger partial charge in [0.05, 0.1) is 14.2 Å². The summed E-state index contributed by atoms with van der Waals surface area (Å²) in [6.07, 6.45) is 0.